The van der Waals surface area contributed by atoms with Crippen LogP contribution in [0.25, 0.3) is 0 Å². The first kappa shape index (κ1) is 18.7. The Morgan fingerprint density at radius 3 is 2.73 bits per heavy atom. The monoisotopic (exact) mass is 430 g/mol. The molecule has 2 aromatic carbocycles. The fourth-order valence-electron chi connectivity index (χ4n) is 2.34. The third-order valence-electron chi connectivity index (χ3n) is 3.62. The molecule has 0 amide bonds. The zero-order valence-electron chi connectivity index (χ0n) is 14.3. The van der Waals surface area contributed by atoms with Crippen molar-refractivity contribution in [2.45, 2.75) is 30.7 Å². The number of benzene rings is 2. The number of phenolic OH excluding ortho intramolecular Hbond substituents is 1. The Morgan fingerprint density at radius 2 is 2.00 bits per heavy atom. The van der Waals surface area contributed by atoms with Crippen LogP contribution in [0.2, 0.25) is 0 Å². The van der Waals surface area contributed by atoms with E-state index in [1.54, 1.807) is 40.9 Å². The number of hydrogen-bond acceptors (Lipinski definition) is 5. The Labute approximate surface area is 165 Å². The van der Waals surface area contributed by atoms with Crippen molar-refractivity contribution < 1.29 is 5.11 Å². The molecule has 1 heterocycles. The Bertz CT molecular complexity index is 893. The van der Waals surface area contributed by atoms with Crippen LogP contribution in [0.15, 0.2) is 63.3 Å². The van der Waals surface area contributed by atoms with Crippen LogP contribution in [0.4, 0.5) is 0 Å². The first-order valence-corrected chi connectivity index (χ1v) is 10.1. The fraction of sp³-hybridized carbons (Fsp3) is 0.211. The van der Waals surface area contributed by atoms with Crippen molar-refractivity contribution in [3.8, 4) is 5.75 Å². The minimum Gasteiger partial charge on any atom is -0.508 e. The van der Waals surface area contributed by atoms with Crippen LogP contribution in [0.1, 0.15) is 30.3 Å². The Morgan fingerprint density at radius 1 is 1.19 bits per heavy atom. The molecular weight excluding hydrogens is 412 g/mol. The van der Waals surface area contributed by atoms with Crippen LogP contribution in [-0.4, -0.2) is 26.2 Å². The molecule has 5 nitrogen and oxygen atoms in total. The van der Waals surface area contributed by atoms with E-state index in [4.69, 9.17) is 0 Å². The normalized spacial score (nSPS) is 11.3. The largest absolute Gasteiger partial charge is 0.508 e. The van der Waals surface area contributed by atoms with E-state index in [1.807, 2.05) is 18.2 Å². The highest BCUT2D eigenvalue weighted by Gasteiger charge is 2.11. The van der Waals surface area contributed by atoms with Crippen molar-refractivity contribution >= 4 is 33.9 Å². The van der Waals surface area contributed by atoms with Crippen LogP contribution in [0.5, 0.6) is 5.75 Å². The molecule has 26 heavy (non-hydrogen) atoms. The smallest absolute Gasteiger partial charge is 0.212 e. The molecule has 0 saturated heterocycles. The van der Waals surface area contributed by atoms with Crippen LogP contribution in [0.3, 0.4) is 0 Å². The summed E-state index contributed by atoms with van der Waals surface area (Å²) in [5.41, 5.74) is 2.03. The van der Waals surface area contributed by atoms with Crippen molar-refractivity contribution in [1.82, 2.24) is 14.9 Å². The summed E-state index contributed by atoms with van der Waals surface area (Å²) in [4.78, 5) is 0. The molecule has 0 atom stereocenters. The lowest BCUT2D eigenvalue weighted by atomic mass is 10.2. The number of aromatic hydroxyl groups is 1. The van der Waals surface area contributed by atoms with Crippen LogP contribution >= 0.6 is 27.7 Å². The van der Waals surface area contributed by atoms with Crippen LogP contribution in [0, 0.1) is 0 Å². The van der Waals surface area contributed by atoms with E-state index in [0.29, 0.717) is 0 Å². The zero-order chi connectivity index (χ0) is 18.4. The number of thioether (sulfide) groups is 1. The summed E-state index contributed by atoms with van der Waals surface area (Å²) in [6, 6.07) is 15.2. The maximum Gasteiger partial charge on any atom is 0.212 e. The Hall–Kier alpha value is -2.12. The second kappa shape index (κ2) is 9.00. The van der Waals surface area contributed by atoms with Gasteiger partial charge in [-0.2, -0.15) is 9.78 Å². The molecular formula is C19H19BrN4OS. The summed E-state index contributed by atoms with van der Waals surface area (Å²) in [6.45, 7) is 2.10. The van der Waals surface area contributed by atoms with E-state index in [-0.39, 0.29) is 5.75 Å². The van der Waals surface area contributed by atoms with Gasteiger partial charge in [-0.3, -0.25) is 0 Å². The molecule has 7 heteroatoms. The number of aryl methyl sites for hydroxylation is 1. The lowest BCUT2D eigenvalue weighted by Gasteiger charge is -2.04. The third kappa shape index (κ3) is 4.95. The van der Waals surface area contributed by atoms with Gasteiger partial charge in [-0.05, 0) is 41.8 Å². The third-order valence-corrected chi connectivity index (χ3v) is 5.14. The molecule has 0 fully saturated rings. The number of aromatic nitrogens is 3. The lowest BCUT2D eigenvalue weighted by molar-refractivity contribution is 0.475. The molecule has 1 aromatic heterocycles. The van der Waals surface area contributed by atoms with Gasteiger partial charge in [0.2, 0.25) is 5.16 Å². The van der Waals surface area contributed by atoms with Gasteiger partial charge >= 0.3 is 0 Å². The van der Waals surface area contributed by atoms with E-state index in [1.165, 1.54) is 5.56 Å². The zero-order valence-corrected chi connectivity index (χ0v) is 16.7. The predicted octanol–water partition coefficient (Wildman–Crippen LogP) is 4.87. The van der Waals surface area contributed by atoms with Gasteiger partial charge in [0.15, 0.2) is 5.82 Å². The molecule has 0 aliphatic carbocycles. The summed E-state index contributed by atoms with van der Waals surface area (Å²) >= 11 is 5.05. The second-order valence-electron chi connectivity index (χ2n) is 5.72. The summed E-state index contributed by atoms with van der Waals surface area (Å²) in [5, 5.41) is 23.5. The summed E-state index contributed by atoms with van der Waals surface area (Å²) < 4.78 is 2.85. The van der Waals surface area contributed by atoms with E-state index in [0.717, 1.165) is 39.6 Å². The molecule has 134 valence electrons. The van der Waals surface area contributed by atoms with Crippen LogP contribution < -0.4 is 0 Å². The van der Waals surface area contributed by atoms with Gasteiger partial charge in [-0.25, -0.2) is 0 Å². The van der Waals surface area contributed by atoms with Gasteiger partial charge in [-0.1, -0.05) is 58.9 Å². The maximum absolute atomic E-state index is 9.59. The number of phenols is 1. The van der Waals surface area contributed by atoms with E-state index < -0.39 is 0 Å². The molecule has 3 aromatic rings. The average Bonchev–Trinajstić information content (AvgIpc) is 3.02. The van der Waals surface area contributed by atoms with E-state index in [9.17, 15) is 5.11 Å². The number of halogens is 1. The minimum atomic E-state index is 0.219. The van der Waals surface area contributed by atoms with Crippen molar-refractivity contribution in [3.63, 3.8) is 0 Å². The lowest BCUT2D eigenvalue weighted by Crippen LogP contribution is -2.00. The standard InChI is InChI=1S/C19H19BrN4OS/c1-2-4-18-22-23-19(26-13-14-7-9-16(20)10-8-14)24(18)21-12-15-5-3-6-17(25)11-15/h3,5-12,25H,2,4,13H2,1H3/b21-12-. The highest BCUT2D eigenvalue weighted by atomic mass is 79.9. The highest BCUT2D eigenvalue weighted by molar-refractivity contribution is 9.10. The molecule has 0 saturated carbocycles. The van der Waals surface area contributed by atoms with Gasteiger partial charge in [-0.15, -0.1) is 10.2 Å². The van der Waals surface area contributed by atoms with Crippen molar-refractivity contribution in [3.05, 3.63) is 70.0 Å². The van der Waals surface area contributed by atoms with Gasteiger partial charge in [0.05, 0.1) is 6.21 Å². The van der Waals surface area contributed by atoms with Gasteiger partial charge < -0.3 is 5.11 Å². The summed E-state index contributed by atoms with van der Waals surface area (Å²) in [6.07, 6.45) is 3.49. The highest BCUT2D eigenvalue weighted by Crippen LogP contribution is 2.23. The van der Waals surface area contributed by atoms with Crippen molar-refractivity contribution in [1.29, 1.82) is 0 Å². The summed E-state index contributed by atoms with van der Waals surface area (Å²) in [7, 11) is 0. The predicted molar refractivity (Wildman–Crippen MR) is 109 cm³/mol. The van der Waals surface area contributed by atoms with E-state index >= 15 is 0 Å². The Balaban J connectivity index is 1.80. The molecule has 0 aliphatic rings. The molecule has 0 unspecified atom stereocenters. The first-order valence-electron chi connectivity index (χ1n) is 8.30. The summed E-state index contributed by atoms with van der Waals surface area (Å²) in [5.74, 6) is 1.85. The molecule has 0 aliphatic heterocycles. The van der Waals surface area contributed by atoms with Crippen molar-refractivity contribution in [2.24, 2.45) is 5.10 Å². The Kier molecular flexibility index (Phi) is 6.46. The molecule has 0 radical (unpaired) electrons. The van der Waals surface area contributed by atoms with Crippen LogP contribution in [-0.2, 0) is 12.2 Å². The van der Waals surface area contributed by atoms with Gasteiger partial charge in [0.1, 0.15) is 5.75 Å². The number of nitrogens with zero attached hydrogens (tertiary/aromatic N) is 4. The minimum absolute atomic E-state index is 0.219. The SMILES string of the molecule is CCCc1nnc(SCc2ccc(Br)cc2)n1/N=C\c1cccc(O)c1. The van der Waals surface area contributed by atoms with Crippen molar-refractivity contribution in [2.75, 3.05) is 0 Å². The molecule has 0 bridgehead atoms. The number of rotatable bonds is 7. The quantitative estimate of drug-likeness (QED) is 0.428. The topological polar surface area (TPSA) is 63.3 Å². The van der Waals surface area contributed by atoms with E-state index in [2.05, 4.69) is 50.3 Å². The second-order valence-corrected chi connectivity index (χ2v) is 7.57. The molecule has 0 spiro atoms. The fourth-order valence-corrected chi connectivity index (χ4v) is 3.47. The average molecular weight is 431 g/mol. The number of hydrogen-bond donors (Lipinski definition) is 1. The van der Waals surface area contributed by atoms with Gasteiger partial charge in [0.25, 0.3) is 0 Å². The molecule has 1 N–H and O–H groups in total. The first-order chi connectivity index (χ1) is 12.7. The molecule has 3 rings (SSSR count). The maximum atomic E-state index is 9.59. The van der Waals surface area contributed by atoms with Gasteiger partial charge in [0, 0.05) is 16.6 Å².